The molecule has 22 heavy (non-hydrogen) atoms. The first-order valence-corrected chi connectivity index (χ1v) is 7.33. The molecule has 2 N–H and O–H groups in total. The molecule has 0 aliphatic rings. The Kier molecular flexibility index (Phi) is 7.06. The van der Waals surface area contributed by atoms with E-state index in [0.29, 0.717) is 24.3 Å². The average Bonchev–Trinajstić information content (AvgIpc) is 2.52. The number of nitrogens with zero attached hydrogens (tertiary/aromatic N) is 2. The molecule has 0 spiro atoms. The molecule has 1 atom stereocenters. The van der Waals surface area contributed by atoms with Crippen molar-refractivity contribution in [3.05, 3.63) is 29.8 Å². The van der Waals surface area contributed by atoms with Gasteiger partial charge < -0.3 is 10.6 Å². The summed E-state index contributed by atoms with van der Waals surface area (Å²) in [6.07, 6.45) is 0. The molecule has 1 aromatic carbocycles. The summed E-state index contributed by atoms with van der Waals surface area (Å²) in [5.41, 5.74) is 1.17. The quantitative estimate of drug-likeness (QED) is 0.796. The van der Waals surface area contributed by atoms with Gasteiger partial charge in [-0.3, -0.25) is 14.5 Å². The van der Waals surface area contributed by atoms with Crippen LogP contribution in [0.4, 0.5) is 5.69 Å². The highest BCUT2D eigenvalue weighted by Gasteiger charge is 2.22. The summed E-state index contributed by atoms with van der Waals surface area (Å²) < 4.78 is 0. The zero-order valence-electron chi connectivity index (χ0n) is 13.2. The van der Waals surface area contributed by atoms with Crippen LogP contribution in [0.5, 0.6) is 0 Å². The first-order chi connectivity index (χ1) is 10.5. The van der Waals surface area contributed by atoms with Crippen molar-refractivity contribution in [2.24, 2.45) is 0 Å². The molecular formula is C16H22N4O2. The number of likely N-dealkylation sites (N-methyl/N-ethyl adjacent to an activating group) is 2. The summed E-state index contributed by atoms with van der Waals surface area (Å²) in [6.45, 7) is 6.88. The summed E-state index contributed by atoms with van der Waals surface area (Å²) in [5.74, 6) is -0.279. The standard InChI is InChI=1S/C16H22N4O2/c1-4-18-15(21)11-20(5-2)12(3)16(22)19-14-8-6-13(10-17)7-9-14/h6-9,12H,4-5,11H2,1-3H3,(H,18,21)(H,19,22)/t12-/m0/s1. The largest absolute Gasteiger partial charge is 0.355 e. The number of carbonyl (C=O) groups is 2. The van der Waals surface area contributed by atoms with Crippen LogP contribution < -0.4 is 10.6 Å². The van der Waals surface area contributed by atoms with Crippen LogP contribution in [0.25, 0.3) is 0 Å². The molecule has 1 rings (SSSR count). The van der Waals surface area contributed by atoms with Crippen LogP contribution in [-0.4, -0.2) is 42.4 Å². The third kappa shape index (κ3) is 5.19. The Labute approximate surface area is 131 Å². The predicted octanol–water partition coefficient (Wildman–Crippen LogP) is 1.34. The lowest BCUT2D eigenvalue weighted by Crippen LogP contribution is -2.46. The highest BCUT2D eigenvalue weighted by Crippen LogP contribution is 2.10. The third-order valence-corrected chi connectivity index (χ3v) is 3.34. The van der Waals surface area contributed by atoms with Crippen molar-refractivity contribution in [2.45, 2.75) is 26.8 Å². The van der Waals surface area contributed by atoms with Crippen LogP contribution in [0.15, 0.2) is 24.3 Å². The second kappa shape index (κ2) is 8.80. The van der Waals surface area contributed by atoms with Gasteiger partial charge in [0.25, 0.3) is 0 Å². The van der Waals surface area contributed by atoms with Gasteiger partial charge >= 0.3 is 0 Å². The number of nitrogens with one attached hydrogen (secondary N) is 2. The maximum Gasteiger partial charge on any atom is 0.241 e. The van der Waals surface area contributed by atoms with Gasteiger partial charge in [-0.15, -0.1) is 0 Å². The Bertz CT molecular complexity index is 548. The van der Waals surface area contributed by atoms with E-state index in [1.807, 2.05) is 19.9 Å². The van der Waals surface area contributed by atoms with Crippen molar-refractivity contribution in [1.29, 1.82) is 5.26 Å². The van der Waals surface area contributed by atoms with Gasteiger partial charge in [-0.05, 0) is 44.7 Å². The molecule has 6 nitrogen and oxygen atoms in total. The molecule has 0 bridgehead atoms. The second-order valence-corrected chi connectivity index (χ2v) is 4.87. The molecule has 0 aromatic heterocycles. The van der Waals surface area contributed by atoms with Crippen molar-refractivity contribution >= 4 is 17.5 Å². The van der Waals surface area contributed by atoms with E-state index in [9.17, 15) is 9.59 Å². The van der Waals surface area contributed by atoms with E-state index in [-0.39, 0.29) is 18.4 Å². The number of amides is 2. The van der Waals surface area contributed by atoms with Gasteiger partial charge in [0, 0.05) is 12.2 Å². The highest BCUT2D eigenvalue weighted by atomic mass is 16.2. The van der Waals surface area contributed by atoms with E-state index >= 15 is 0 Å². The molecular weight excluding hydrogens is 280 g/mol. The number of nitriles is 1. The molecule has 0 unspecified atom stereocenters. The fourth-order valence-corrected chi connectivity index (χ4v) is 2.00. The van der Waals surface area contributed by atoms with Crippen molar-refractivity contribution in [2.75, 3.05) is 25.0 Å². The molecule has 0 heterocycles. The Morgan fingerprint density at radius 1 is 1.27 bits per heavy atom. The van der Waals surface area contributed by atoms with Crippen LogP contribution in [0, 0.1) is 11.3 Å². The fraction of sp³-hybridized carbons (Fsp3) is 0.438. The maximum atomic E-state index is 12.3. The van der Waals surface area contributed by atoms with E-state index in [1.165, 1.54) is 0 Å². The zero-order valence-corrected chi connectivity index (χ0v) is 13.2. The topological polar surface area (TPSA) is 85.2 Å². The van der Waals surface area contributed by atoms with Crippen LogP contribution in [0.3, 0.4) is 0 Å². The van der Waals surface area contributed by atoms with Gasteiger partial charge in [-0.2, -0.15) is 5.26 Å². The van der Waals surface area contributed by atoms with Crippen LogP contribution in [0.1, 0.15) is 26.3 Å². The maximum absolute atomic E-state index is 12.3. The van der Waals surface area contributed by atoms with Crippen molar-refractivity contribution in [1.82, 2.24) is 10.2 Å². The normalized spacial score (nSPS) is 11.6. The minimum Gasteiger partial charge on any atom is -0.355 e. The van der Waals surface area contributed by atoms with Crippen molar-refractivity contribution < 1.29 is 9.59 Å². The van der Waals surface area contributed by atoms with E-state index in [1.54, 1.807) is 36.1 Å². The van der Waals surface area contributed by atoms with E-state index < -0.39 is 6.04 Å². The van der Waals surface area contributed by atoms with E-state index in [2.05, 4.69) is 10.6 Å². The van der Waals surface area contributed by atoms with Crippen LogP contribution in [-0.2, 0) is 9.59 Å². The van der Waals surface area contributed by atoms with E-state index in [4.69, 9.17) is 5.26 Å². The molecule has 0 saturated carbocycles. The van der Waals surface area contributed by atoms with Crippen LogP contribution >= 0.6 is 0 Å². The summed E-state index contributed by atoms with van der Waals surface area (Å²) in [6, 6.07) is 8.26. The van der Waals surface area contributed by atoms with Crippen LogP contribution in [0.2, 0.25) is 0 Å². The Morgan fingerprint density at radius 3 is 2.41 bits per heavy atom. The fourth-order valence-electron chi connectivity index (χ4n) is 2.00. The minimum absolute atomic E-state index is 0.0950. The molecule has 6 heteroatoms. The SMILES string of the molecule is CCNC(=O)CN(CC)[C@@H](C)C(=O)Nc1ccc(C#N)cc1. The second-order valence-electron chi connectivity index (χ2n) is 4.87. The summed E-state index contributed by atoms with van der Waals surface area (Å²) in [4.78, 5) is 25.7. The first-order valence-electron chi connectivity index (χ1n) is 7.33. The molecule has 118 valence electrons. The number of hydrogen-bond acceptors (Lipinski definition) is 4. The molecule has 0 fully saturated rings. The van der Waals surface area contributed by atoms with Gasteiger partial charge in [0.05, 0.1) is 24.2 Å². The van der Waals surface area contributed by atoms with Gasteiger partial charge in [0.15, 0.2) is 0 Å². The lowest BCUT2D eigenvalue weighted by Gasteiger charge is -2.26. The Hall–Kier alpha value is -2.39. The Morgan fingerprint density at radius 2 is 1.91 bits per heavy atom. The molecule has 0 aliphatic heterocycles. The number of benzene rings is 1. The van der Waals surface area contributed by atoms with Gasteiger partial charge in [0.2, 0.25) is 11.8 Å². The molecule has 0 saturated heterocycles. The minimum atomic E-state index is -0.428. The number of anilines is 1. The molecule has 1 aromatic rings. The summed E-state index contributed by atoms with van der Waals surface area (Å²) >= 11 is 0. The first kappa shape index (κ1) is 17.7. The zero-order chi connectivity index (χ0) is 16.5. The predicted molar refractivity (Wildman–Crippen MR) is 85.2 cm³/mol. The Balaban J connectivity index is 2.65. The number of rotatable bonds is 7. The van der Waals surface area contributed by atoms with Crippen molar-refractivity contribution in [3.8, 4) is 6.07 Å². The highest BCUT2D eigenvalue weighted by molar-refractivity contribution is 5.95. The number of hydrogen-bond donors (Lipinski definition) is 2. The smallest absolute Gasteiger partial charge is 0.241 e. The monoisotopic (exact) mass is 302 g/mol. The molecule has 2 amide bonds. The summed E-state index contributed by atoms with van der Waals surface area (Å²) in [7, 11) is 0. The number of carbonyl (C=O) groups excluding carboxylic acids is 2. The third-order valence-electron chi connectivity index (χ3n) is 3.34. The van der Waals surface area contributed by atoms with Crippen molar-refractivity contribution in [3.63, 3.8) is 0 Å². The molecule has 0 aliphatic carbocycles. The summed E-state index contributed by atoms with van der Waals surface area (Å²) in [5, 5.41) is 14.3. The lowest BCUT2D eigenvalue weighted by atomic mass is 10.2. The van der Waals surface area contributed by atoms with Gasteiger partial charge in [-0.1, -0.05) is 6.92 Å². The lowest BCUT2D eigenvalue weighted by molar-refractivity contribution is -0.125. The molecule has 0 radical (unpaired) electrons. The van der Waals surface area contributed by atoms with Gasteiger partial charge in [0.1, 0.15) is 0 Å². The average molecular weight is 302 g/mol. The van der Waals surface area contributed by atoms with Gasteiger partial charge in [-0.25, -0.2) is 0 Å². The van der Waals surface area contributed by atoms with E-state index in [0.717, 1.165) is 0 Å².